The highest BCUT2D eigenvalue weighted by molar-refractivity contribution is 6.38. The third-order valence-corrected chi connectivity index (χ3v) is 8.21. The van der Waals surface area contributed by atoms with Crippen molar-refractivity contribution in [3.05, 3.63) is 91.8 Å². The van der Waals surface area contributed by atoms with Crippen LogP contribution in [0.1, 0.15) is 0 Å². The molecule has 0 aliphatic heterocycles. The second-order valence-corrected chi connectivity index (χ2v) is 9.76. The van der Waals surface area contributed by atoms with Crippen molar-refractivity contribution in [2.75, 3.05) is 0 Å². The number of pyridine rings is 3. The van der Waals surface area contributed by atoms with E-state index in [0.717, 1.165) is 16.6 Å². The predicted molar refractivity (Wildman–Crippen MR) is 147 cm³/mol. The Labute approximate surface area is 202 Å². The maximum atomic E-state index is 3.62. The summed E-state index contributed by atoms with van der Waals surface area (Å²) in [5, 5.41) is 7.35. The molecule has 0 saturated carbocycles. The van der Waals surface area contributed by atoms with Crippen LogP contribution in [0.4, 0.5) is 0 Å². The van der Waals surface area contributed by atoms with Gasteiger partial charge in [-0.25, -0.2) is 0 Å². The van der Waals surface area contributed by atoms with Gasteiger partial charge in [-0.1, -0.05) is 0 Å². The Balaban J connectivity index is 1.78. The molecular formula is C30H18N6. The number of aromatic amines is 3. The highest BCUT2D eigenvalue weighted by atomic mass is 15.0. The topological polar surface area (TPSA) is 60.6 Å². The van der Waals surface area contributed by atoms with Crippen LogP contribution in [0.15, 0.2) is 91.8 Å². The number of hydrogen-bond acceptors (Lipinski definition) is 0. The van der Waals surface area contributed by atoms with Crippen LogP contribution in [0, 0.1) is 0 Å². The van der Waals surface area contributed by atoms with Gasteiger partial charge in [0.2, 0.25) is 0 Å². The minimum absolute atomic E-state index is 1.16. The largest absolute Gasteiger partial charge is 0.360 e. The molecular weight excluding hydrogens is 444 g/mol. The molecule has 0 aliphatic rings. The van der Waals surface area contributed by atoms with Crippen molar-refractivity contribution in [2.45, 2.75) is 0 Å². The Morgan fingerprint density at radius 2 is 0.750 bits per heavy atom. The maximum Gasteiger partial charge on any atom is 0.0685 e. The van der Waals surface area contributed by atoms with Crippen LogP contribution in [0.25, 0.3) is 82.0 Å². The fraction of sp³-hybridized carbons (Fsp3) is 0. The van der Waals surface area contributed by atoms with Gasteiger partial charge in [0, 0.05) is 69.5 Å². The van der Waals surface area contributed by atoms with Gasteiger partial charge in [0.05, 0.1) is 49.7 Å². The number of rotatable bonds is 0. The molecule has 0 bridgehead atoms. The highest BCUT2D eigenvalue weighted by Gasteiger charge is 2.24. The summed E-state index contributed by atoms with van der Waals surface area (Å²) < 4.78 is 7.12. The molecule has 9 heterocycles. The Morgan fingerprint density at radius 3 is 1.08 bits per heavy atom. The third-order valence-electron chi connectivity index (χ3n) is 8.21. The molecule has 10 rings (SSSR count). The number of nitrogens with one attached hydrogen (secondary N) is 3. The van der Waals surface area contributed by atoms with Crippen LogP contribution < -0.4 is 0 Å². The van der Waals surface area contributed by atoms with Gasteiger partial charge in [-0.15, -0.1) is 0 Å². The fourth-order valence-electron chi connectivity index (χ4n) is 6.90. The summed E-state index contributed by atoms with van der Waals surface area (Å²) >= 11 is 0. The lowest BCUT2D eigenvalue weighted by molar-refractivity contribution is 1.26. The summed E-state index contributed by atoms with van der Waals surface area (Å²) in [7, 11) is 0. The van der Waals surface area contributed by atoms with E-state index in [2.05, 4.69) is 120 Å². The van der Waals surface area contributed by atoms with Crippen LogP contribution >= 0.6 is 0 Å². The van der Waals surface area contributed by atoms with Crippen LogP contribution in [-0.2, 0) is 0 Å². The zero-order valence-electron chi connectivity index (χ0n) is 19.0. The van der Waals surface area contributed by atoms with Gasteiger partial charge >= 0.3 is 0 Å². The van der Waals surface area contributed by atoms with E-state index < -0.39 is 0 Å². The van der Waals surface area contributed by atoms with Crippen molar-refractivity contribution in [3.8, 4) is 0 Å². The summed E-state index contributed by atoms with van der Waals surface area (Å²) in [5.74, 6) is 0. The van der Waals surface area contributed by atoms with Crippen molar-refractivity contribution in [1.29, 1.82) is 0 Å². The molecule has 168 valence electrons. The van der Waals surface area contributed by atoms with Gasteiger partial charge in [0.15, 0.2) is 0 Å². The summed E-state index contributed by atoms with van der Waals surface area (Å²) in [4.78, 5) is 10.9. The van der Waals surface area contributed by atoms with Crippen molar-refractivity contribution in [1.82, 2.24) is 28.2 Å². The quantitative estimate of drug-likeness (QED) is 0.197. The fourth-order valence-corrected chi connectivity index (χ4v) is 6.90. The second-order valence-electron chi connectivity index (χ2n) is 9.76. The molecule has 0 saturated heterocycles. The monoisotopic (exact) mass is 462 g/mol. The van der Waals surface area contributed by atoms with Crippen LogP contribution in [-0.4, -0.2) is 28.2 Å². The van der Waals surface area contributed by atoms with Gasteiger partial charge in [0.1, 0.15) is 0 Å². The van der Waals surface area contributed by atoms with Crippen LogP contribution in [0.2, 0.25) is 0 Å². The normalized spacial score (nSPS) is 13.0. The van der Waals surface area contributed by atoms with E-state index in [4.69, 9.17) is 0 Å². The van der Waals surface area contributed by atoms with E-state index in [9.17, 15) is 0 Å². The molecule has 0 radical (unpaired) electrons. The first-order valence-electron chi connectivity index (χ1n) is 12.2. The SMILES string of the molecule is c1cc2c3cc[nH]c3c3c(c4c5[nH]ccc5c5cccn5c4c4c5[nH]ccc5c5cccn5c34)n2c1. The molecule has 0 unspecified atom stereocenters. The van der Waals surface area contributed by atoms with E-state index in [1.54, 1.807) is 0 Å². The maximum absolute atomic E-state index is 3.62. The first kappa shape index (κ1) is 17.4. The molecule has 0 fully saturated rings. The minimum atomic E-state index is 1.16. The first-order valence-corrected chi connectivity index (χ1v) is 12.2. The van der Waals surface area contributed by atoms with Gasteiger partial charge in [-0.2, -0.15) is 0 Å². The average molecular weight is 463 g/mol. The Hall–Kier alpha value is -5.10. The lowest BCUT2D eigenvalue weighted by atomic mass is 9.98. The van der Waals surface area contributed by atoms with Gasteiger partial charge in [-0.3, -0.25) is 0 Å². The van der Waals surface area contributed by atoms with E-state index in [1.165, 1.54) is 65.4 Å². The molecule has 0 amide bonds. The zero-order valence-corrected chi connectivity index (χ0v) is 19.0. The van der Waals surface area contributed by atoms with E-state index in [0.29, 0.717) is 0 Å². The van der Waals surface area contributed by atoms with E-state index >= 15 is 0 Å². The molecule has 0 aliphatic carbocycles. The number of fused-ring (bicyclic) bond motifs is 21. The standard InChI is InChI=1S/C30H18N6/c1-4-19-16-7-10-31-25(16)22-28(34(19)13-1)23-26-17(8-11-32-26)20-5-2-15-36(20)30(23)24-27-18(9-12-33-27)21-6-3-14-35(21)29(22)24/h1-15,31-33H. The van der Waals surface area contributed by atoms with Gasteiger partial charge in [-0.05, 0) is 54.6 Å². The number of H-pyrrole nitrogens is 3. The van der Waals surface area contributed by atoms with Crippen molar-refractivity contribution >= 4 is 82.0 Å². The number of benzene rings is 1. The smallest absolute Gasteiger partial charge is 0.0685 e. The number of nitrogens with zero attached hydrogens (tertiary/aromatic N) is 3. The Kier molecular flexibility index (Phi) is 2.69. The minimum Gasteiger partial charge on any atom is -0.360 e. The lowest BCUT2D eigenvalue weighted by Crippen LogP contribution is -2.00. The third kappa shape index (κ3) is 1.70. The van der Waals surface area contributed by atoms with Gasteiger partial charge < -0.3 is 28.2 Å². The Bertz CT molecular complexity index is 2050. The summed E-state index contributed by atoms with van der Waals surface area (Å²) in [5.41, 5.74) is 10.7. The lowest BCUT2D eigenvalue weighted by Gasteiger charge is -2.18. The van der Waals surface area contributed by atoms with Crippen molar-refractivity contribution < 1.29 is 0 Å². The average Bonchev–Trinajstić information content (AvgIpc) is 3.73. The molecule has 36 heavy (non-hydrogen) atoms. The Morgan fingerprint density at radius 1 is 0.417 bits per heavy atom. The van der Waals surface area contributed by atoms with Crippen molar-refractivity contribution in [2.24, 2.45) is 0 Å². The number of aromatic nitrogens is 6. The van der Waals surface area contributed by atoms with E-state index in [-0.39, 0.29) is 0 Å². The zero-order chi connectivity index (χ0) is 23.1. The van der Waals surface area contributed by atoms with Gasteiger partial charge in [0.25, 0.3) is 0 Å². The van der Waals surface area contributed by atoms with Crippen LogP contribution in [0.3, 0.4) is 0 Å². The van der Waals surface area contributed by atoms with Crippen LogP contribution in [0.5, 0.6) is 0 Å². The molecule has 6 nitrogen and oxygen atoms in total. The molecule has 6 heteroatoms. The molecule has 10 aromatic rings. The highest BCUT2D eigenvalue weighted by Crippen LogP contribution is 2.45. The van der Waals surface area contributed by atoms with Crippen molar-refractivity contribution in [3.63, 3.8) is 0 Å². The molecule has 3 N–H and O–H groups in total. The second kappa shape index (κ2) is 5.58. The molecule has 0 atom stereocenters. The van der Waals surface area contributed by atoms with E-state index in [1.807, 2.05) is 0 Å². The summed E-state index contributed by atoms with van der Waals surface area (Å²) in [6.07, 6.45) is 12.8. The summed E-state index contributed by atoms with van der Waals surface area (Å²) in [6.45, 7) is 0. The number of hydrogen-bond donors (Lipinski definition) is 3. The summed E-state index contributed by atoms with van der Waals surface area (Å²) in [6, 6.07) is 19.7. The molecule has 9 aromatic heterocycles. The molecule has 1 aromatic carbocycles. The molecule has 0 spiro atoms. The first-order chi connectivity index (χ1) is 17.9. The predicted octanol–water partition coefficient (Wildman–Crippen LogP) is 7.35.